The Morgan fingerprint density at radius 1 is 1.25 bits per heavy atom. The number of hydrogen-bond donors (Lipinski definition) is 0. The summed E-state index contributed by atoms with van der Waals surface area (Å²) in [4.78, 5) is 16.6. The Morgan fingerprint density at radius 3 is 2.45 bits per heavy atom. The van der Waals surface area contributed by atoms with Crippen molar-refractivity contribution in [3.8, 4) is 0 Å². The molecule has 1 saturated heterocycles. The molecule has 110 valence electrons. The summed E-state index contributed by atoms with van der Waals surface area (Å²) in [6.45, 7) is 7.34. The van der Waals surface area contributed by atoms with Crippen molar-refractivity contribution in [1.82, 2.24) is 9.80 Å². The monoisotopic (exact) mass is 276 g/mol. The van der Waals surface area contributed by atoms with Crippen LogP contribution in [0.15, 0.2) is 24.3 Å². The van der Waals surface area contributed by atoms with E-state index >= 15 is 0 Å². The summed E-state index contributed by atoms with van der Waals surface area (Å²) < 4.78 is 4.86. The van der Waals surface area contributed by atoms with Crippen LogP contribution in [-0.4, -0.2) is 55.1 Å². The molecule has 2 unspecified atom stereocenters. The molecular formula is C16H24N2O2. The van der Waals surface area contributed by atoms with Gasteiger partial charge in [-0.15, -0.1) is 0 Å². The summed E-state index contributed by atoms with van der Waals surface area (Å²) in [5.41, 5.74) is 1.72. The minimum atomic E-state index is -0.254. The fourth-order valence-electron chi connectivity index (χ4n) is 2.85. The van der Waals surface area contributed by atoms with E-state index < -0.39 is 0 Å². The van der Waals surface area contributed by atoms with Gasteiger partial charge in [0, 0.05) is 31.7 Å². The Bertz CT molecular complexity index is 463. The quantitative estimate of drug-likeness (QED) is 0.791. The summed E-state index contributed by atoms with van der Waals surface area (Å²) in [6, 6.07) is 8.77. The molecule has 20 heavy (non-hydrogen) atoms. The number of carbonyl (C=O) groups excluding carboxylic acids is 1. The van der Waals surface area contributed by atoms with Gasteiger partial charge in [-0.25, -0.2) is 4.79 Å². The van der Waals surface area contributed by atoms with Gasteiger partial charge < -0.3 is 4.74 Å². The molecule has 1 aromatic carbocycles. The zero-order valence-corrected chi connectivity index (χ0v) is 12.8. The highest BCUT2D eigenvalue weighted by atomic mass is 16.5. The average molecular weight is 276 g/mol. The van der Waals surface area contributed by atoms with E-state index in [1.165, 1.54) is 7.11 Å². The fourth-order valence-corrected chi connectivity index (χ4v) is 2.85. The van der Waals surface area contributed by atoms with Crippen molar-refractivity contribution in [1.29, 1.82) is 0 Å². The molecule has 2 atom stereocenters. The van der Waals surface area contributed by atoms with E-state index in [2.05, 4.69) is 30.7 Å². The first-order valence-electron chi connectivity index (χ1n) is 7.13. The molecule has 2 rings (SSSR count). The third-order valence-electron chi connectivity index (χ3n) is 4.25. The molecule has 0 aliphatic carbocycles. The van der Waals surface area contributed by atoms with Crippen molar-refractivity contribution in [3.05, 3.63) is 35.4 Å². The largest absolute Gasteiger partial charge is 0.465 e. The van der Waals surface area contributed by atoms with Crippen LogP contribution in [0.2, 0.25) is 0 Å². The molecule has 1 fully saturated rings. The van der Waals surface area contributed by atoms with Gasteiger partial charge in [0.15, 0.2) is 0 Å². The molecule has 0 N–H and O–H groups in total. The van der Waals surface area contributed by atoms with Gasteiger partial charge >= 0.3 is 5.97 Å². The third kappa shape index (κ3) is 3.19. The molecule has 4 nitrogen and oxygen atoms in total. The molecule has 0 radical (unpaired) electrons. The van der Waals surface area contributed by atoms with Gasteiger partial charge in [0.05, 0.1) is 12.7 Å². The lowest BCUT2D eigenvalue weighted by molar-refractivity contribution is 0.0536. The molecule has 1 aliphatic rings. The number of piperazine rings is 1. The van der Waals surface area contributed by atoms with E-state index in [4.69, 9.17) is 4.74 Å². The number of carbonyl (C=O) groups is 1. The molecule has 0 spiro atoms. The first-order chi connectivity index (χ1) is 9.52. The van der Waals surface area contributed by atoms with E-state index in [9.17, 15) is 4.79 Å². The minimum Gasteiger partial charge on any atom is -0.465 e. The molecule has 0 amide bonds. The summed E-state index contributed by atoms with van der Waals surface area (Å²) in [5.74, 6) is -0.254. The highest BCUT2D eigenvalue weighted by molar-refractivity contribution is 5.90. The molecular weight excluding hydrogens is 252 g/mol. The Morgan fingerprint density at radius 2 is 1.85 bits per heavy atom. The number of ether oxygens (including phenoxy) is 1. The van der Waals surface area contributed by atoms with Crippen LogP contribution in [-0.2, 0) is 11.3 Å². The van der Waals surface area contributed by atoms with Gasteiger partial charge in [0.1, 0.15) is 0 Å². The smallest absolute Gasteiger partial charge is 0.338 e. The summed E-state index contributed by atoms with van der Waals surface area (Å²) in [7, 11) is 3.61. The molecule has 1 heterocycles. The van der Waals surface area contributed by atoms with E-state index in [-0.39, 0.29) is 5.97 Å². The minimum absolute atomic E-state index is 0.254. The van der Waals surface area contributed by atoms with Crippen molar-refractivity contribution in [2.45, 2.75) is 32.5 Å². The van der Waals surface area contributed by atoms with Gasteiger partial charge in [-0.2, -0.15) is 0 Å². The van der Waals surface area contributed by atoms with Gasteiger partial charge in [-0.3, -0.25) is 9.80 Å². The maximum Gasteiger partial charge on any atom is 0.338 e. The third-order valence-corrected chi connectivity index (χ3v) is 4.25. The van der Waals surface area contributed by atoms with Crippen molar-refractivity contribution in [2.75, 3.05) is 27.2 Å². The number of rotatable bonds is 3. The topological polar surface area (TPSA) is 32.8 Å². The van der Waals surface area contributed by atoms with Crippen LogP contribution in [0.25, 0.3) is 0 Å². The van der Waals surface area contributed by atoms with E-state index in [1.54, 1.807) is 0 Å². The van der Waals surface area contributed by atoms with E-state index in [0.29, 0.717) is 17.6 Å². The second-order valence-electron chi connectivity index (χ2n) is 5.71. The lowest BCUT2D eigenvalue weighted by atomic mass is 10.0. The summed E-state index contributed by atoms with van der Waals surface area (Å²) >= 11 is 0. The zero-order valence-electron chi connectivity index (χ0n) is 12.8. The van der Waals surface area contributed by atoms with Crippen LogP contribution in [0.3, 0.4) is 0 Å². The zero-order chi connectivity index (χ0) is 14.7. The van der Waals surface area contributed by atoms with Crippen LogP contribution >= 0.6 is 0 Å². The Hall–Kier alpha value is -1.39. The van der Waals surface area contributed by atoms with Gasteiger partial charge in [-0.05, 0) is 32.5 Å². The highest BCUT2D eigenvalue weighted by Crippen LogP contribution is 2.18. The Kier molecular flexibility index (Phi) is 4.78. The van der Waals surface area contributed by atoms with Gasteiger partial charge in [0.2, 0.25) is 0 Å². The van der Waals surface area contributed by atoms with Crippen LogP contribution in [0.1, 0.15) is 29.8 Å². The van der Waals surface area contributed by atoms with Crippen molar-refractivity contribution >= 4 is 5.97 Å². The highest BCUT2D eigenvalue weighted by Gasteiger charge is 2.27. The molecule has 0 bridgehead atoms. The number of likely N-dealkylation sites (N-methyl/N-ethyl adjacent to an activating group) is 1. The molecule has 1 aromatic rings. The lowest BCUT2D eigenvalue weighted by Crippen LogP contribution is -2.54. The number of methoxy groups -OCH3 is 1. The SMILES string of the molecule is COC(=O)c1ccccc1CN1CC(C)N(C)C(C)C1. The van der Waals surface area contributed by atoms with Gasteiger partial charge in [0.25, 0.3) is 0 Å². The Labute approximate surface area is 121 Å². The number of nitrogens with zero attached hydrogens (tertiary/aromatic N) is 2. The van der Waals surface area contributed by atoms with Crippen LogP contribution < -0.4 is 0 Å². The predicted octanol–water partition coefficient (Wildman–Crippen LogP) is 2.00. The van der Waals surface area contributed by atoms with Crippen molar-refractivity contribution < 1.29 is 9.53 Å². The number of benzene rings is 1. The molecule has 4 heteroatoms. The first-order valence-corrected chi connectivity index (χ1v) is 7.13. The van der Waals surface area contributed by atoms with Crippen LogP contribution in [0.5, 0.6) is 0 Å². The maximum absolute atomic E-state index is 11.8. The maximum atomic E-state index is 11.8. The van der Waals surface area contributed by atoms with Crippen LogP contribution in [0.4, 0.5) is 0 Å². The normalized spacial score (nSPS) is 24.6. The van der Waals surface area contributed by atoms with E-state index in [0.717, 1.165) is 25.2 Å². The second kappa shape index (κ2) is 6.37. The predicted molar refractivity (Wildman–Crippen MR) is 79.7 cm³/mol. The molecule has 0 saturated carbocycles. The van der Waals surface area contributed by atoms with Crippen molar-refractivity contribution in [3.63, 3.8) is 0 Å². The number of hydrogen-bond acceptors (Lipinski definition) is 4. The van der Waals surface area contributed by atoms with E-state index in [1.807, 2.05) is 24.3 Å². The molecule has 0 aromatic heterocycles. The summed E-state index contributed by atoms with van der Waals surface area (Å²) in [6.07, 6.45) is 0. The second-order valence-corrected chi connectivity index (χ2v) is 5.71. The average Bonchev–Trinajstić information content (AvgIpc) is 2.44. The summed E-state index contributed by atoms with van der Waals surface area (Å²) in [5, 5.41) is 0. The fraction of sp³-hybridized carbons (Fsp3) is 0.562. The Balaban J connectivity index is 2.12. The van der Waals surface area contributed by atoms with Crippen molar-refractivity contribution in [2.24, 2.45) is 0 Å². The van der Waals surface area contributed by atoms with Gasteiger partial charge in [-0.1, -0.05) is 18.2 Å². The first kappa shape index (κ1) is 15.0. The molecule has 1 aliphatic heterocycles. The lowest BCUT2D eigenvalue weighted by Gasteiger charge is -2.42. The standard InChI is InChI=1S/C16H24N2O2/c1-12-9-18(10-13(2)17(12)3)11-14-7-5-6-8-15(14)16(19)20-4/h5-8,12-13H,9-11H2,1-4H3. The van der Waals surface area contributed by atoms with Crippen LogP contribution in [0, 0.1) is 0 Å². The number of esters is 1.